The first-order chi connectivity index (χ1) is 8.58. The van der Waals surface area contributed by atoms with Gasteiger partial charge in [-0.15, -0.1) is 0 Å². The molecule has 0 bridgehead atoms. The molecule has 0 unspecified atom stereocenters. The Hall–Kier alpha value is -1.21. The quantitative estimate of drug-likeness (QED) is 0.661. The maximum atomic E-state index is 4.48. The average molecular weight is 371 g/mol. The molecule has 0 atom stereocenters. The van der Waals surface area contributed by atoms with Crippen molar-refractivity contribution in [3.05, 3.63) is 39.1 Å². The van der Waals surface area contributed by atoms with Crippen LogP contribution < -0.4 is 0 Å². The lowest BCUT2D eigenvalue weighted by Crippen LogP contribution is -2.05. The van der Waals surface area contributed by atoms with Gasteiger partial charge in [0, 0.05) is 18.6 Å². The molecule has 0 saturated carbocycles. The summed E-state index contributed by atoms with van der Waals surface area (Å²) in [5.41, 5.74) is 2.71. The van der Waals surface area contributed by atoms with Crippen molar-refractivity contribution >= 4 is 37.5 Å². The van der Waals surface area contributed by atoms with Gasteiger partial charge in [0.15, 0.2) is 11.5 Å². The van der Waals surface area contributed by atoms with Crippen LogP contribution in [0.15, 0.2) is 27.7 Å². The van der Waals surface area contributed by atoms with Crippen molar-refractivity contribution in [1.82, 2.24) is 24.1 Å². The fourth-order valence-corrected chi connectivity index (χ4v) is 2.49. The number of aromatic nitrogens is 5. The van der Waals surface area contributed by atoms with Crippen molar-refractivity contribution < 1.29 is 0 Å². The van der Waals surface area contributed by atoms with E-state index in [1.807, 2.05) is 30.6 Å². The van der Waals surface area contributed by atoms with Gasteiger partial charge in [-0.2, -0.15) is 5.10 Å². The second-order valence-corrected chi connectivity index (χ2v) is 5.55. The summed E-state index contributed by atoms with van der Waals surface area (Å²) in [7, 11) is 0. The van der Waals surface area contributed by atoms with Crippen LogP contribution in [0.25, 0.3) is 11.5 Å². The summed E-state index contributed by atoms with van der Waals surface area (Å²) in [4.78, 5) is 8.79. The molecule has 0 spiro atoms. The third-order valence-electron chi connectivity index (χ3n) is 2.73. The largest absolute Gasteiger partial charge is 0.301 e. The summed E-state index contributed by atoms with van der Waals surface area (Å²) in [5.74, 6) is 0.709. The third kappa shape index (κ3) is 1.69. The first-order valence-electron chi connectivity index (χ1n) is 5.29. The van der Waals surface area contributed by atoms with Crippen LogP contribution in [-0.2, 0) is 0 Å². The molecule has 0 amide bonds. The molecule has 3 heterocycles. The lowest BCUT2D eigenvalue weighted by Gasteiger charge is -2.06. The summed E-state index contributed by atoms with van der Waals surface area (Å²) in [6, 6.07) is 0. The van der Waals surface area contributed by atoms with Gasteiger partial charge in [-0.3, -0.25) is 0 Å². The molecule has 7 heteroatoms. The van der Waals surface area contributed by atoms with E-state index in [0.29, 0.717) is 5.82 Å². The third-order valence-corrected chi connectivity index (χ3v) is 4.26. The fraction of sp³-hybridized carbons (Fsp3) is 0.182. The van der Waals surface area contributed by atoms with Crippen LogP contribution in [0.2, 0.25) is 0 Å². The first kappa shape index (κ1) is 11.9. The van der Waals surface area contributed by atoms with Crippen molar-refractivity contribution in [3.8, 4) is 5.82 Å². The van der Waals surface area contributed by atoms with Gasteiger partial charge in [-0.05, 0) is 45.7 Å². The molecule has 0 aliphatic rings. The first-order valence-corrected chi connectivity index (χ1v) is 6.88. The minimum Gasteiger partial charge on any atom is -0.301 e. The number of rotatable bonds is 1. The Morgan fingerprint density at radius 3 is 2.67 bits per heavy atom. The van der Waals surface area contributed by atoms with Crippen LogP contribution in [-0.4, -0.2) is 24.1 Å². The Kier molecular flexibility index (Phi) is 2.74. The highest BCUT2D eigenvalue weighted by Gasteiger charge is 2.15. The van der Waals surface area contributed by atoms with E-state index in [1.165, 1.54) is 0 Å². The van der Waals surface area contributed by atoms with Gasteiger partial charge in [-0.25, -0.2) is 14.6 Å². The number of imidazole rings is 1. The number of aryl methyl sites for hydroxylation is 1. The Balaban J connectivity index is 2.37. The van der Waals surface area contributed by atoms with Crippen molar-refractivity contribution in [3.63, 3.8) is 0 Å². The molecule has 0 N–H and O–H groups in total. The van der Waals surface area contributed by atoms with Gasteiger partial charge in [0.05, 0.1) is 15.9 Å². The predicted octanol–water partition coefficient (Wildman–Crippen LogP) is 3.06. The highest BCUT2D eigenvalue weighted by Crippen LogP contribution is 2.24. The fourth-order valence-electron chi connectivity index (χ4n) is 1.86. The molecule has 5 nitrogen and oxygen atoms in total. The Morgan fingerprint density at radius 1 is 1.22 bits per heavy atom. The summed E-state index contributed by atoms with van der Waals surface area (Å²) in [6.07, 6.45) is 5.49. The van der Waals surface area contributed by atoms with E-state index in [2.05, 4.69) is 46.9 Å². The highest BCUT2D eigenvalue weighted by molar-refractivity contribution is 9.10. The maximum Gasteiger partial charge on any atom is 0.198 e. The van der Waals surface area contributed by atoms with Gasteiger partial charge in [-0.1, -0.05) is 0 Å². The van der Waals surface area contributed by atoms with E-state index in [4.69, 9.17) is 0 Å². The SMILES string of the molecule is Cc1nn(-c2nc(Br)cn3ccnc23)c(C)c1Br. The number of nitrogens with zero attached hydrogens (tertiary/aromatic N) is 5. The number of hydrogen-bond donors (Lipinski definition) is 0. The predicted molar refractivity (Wildman–Crippen MR) is 75.0 cm³/mol. The Morgan fingerprint density at radius 2 is 2.00 bits per heavy atom. The van der Waals surface area contributed by atoms with Crippen molar-refractivity contribution in [1.29, 1.82) is 0 Å². The zero-order valence-electron chi connectivity index (χ0n) is 9.72. The molecule has 3 aromatic rings. The normalized spacial score (nSPS) is 11.3. The molecule has 0 aromatic carbocycles. The number of halogens is 2. The van der Waals surface area contributed by atoms with E-state index in [1.54, 1.807) is 10.9 Å². The molecule has 0 aliphatic carbocycles. The highest BCUT2D eigenvalue weighted by atomic mass is 79.9. The standard InChI is InChI=1S/C11H9Br2N5/c1-6-9(13)7(2)18(16-6)11-10-14-3-4-17(10)5-8(12)15-11/h3-5H,1-2H3. The molecule has 3 rings (SSSR count). The maximum absolute atomic E-state index is 4.48. The lowest BCUT2D eigenvalue weighted by molar-refractivity contribution is 0.799. The van der Waals surface area contributed by atoms with E-state index in [-0.39, 0.29) is 0 Å². The van der Waals surface area contributed by atoms with Gasteiger partial charge < -0.3 is 4.40 Å². The smallest absolute Gasteiger partial charge is 0.198 e. The van der Waals surface area contributed by atoms with Crippen LogP contribution in [0.3, 0.4) is 0 Å². The molecule has 0 saturated heterocycles. The number of hydrogen-bond acceptors (Lipinski definition) is 3. The van der Waals surface area contributed by atoms with Crippen LogP contribution in [0, 0.1) is 13.8 Å². The van der Waals surface area contributed by atoms with Gasteiger partial charge >= 0.3 is 0 Å². The molecule has 92 valence electrons. The summed E-state index contributed by atoms with van der Waals surface area (Å²) < 4.78 is 5.45. The minimum absolute atomic E-state index is 0.709. The zero-order valence-corrected chi connectivity index (χ0v) is 12.9. The Bertz CT molecular complexity index is 743. The van der Waals surface area contributed by atoms with Crippen LogP contribution in [0.5, 0.6) is 0 Å². The second kappa shape index (κ2) is 4.17. The lowest BCUT2D eigenvalue weighted by atomic mass is 10.4. The van der Waals surface area contributed by atoms with Crippen molar-refractivity contribution in [2.24, 2.45) is 0 Å². The Labute approximate surface area is 120 Å². The molecule has 0 aliphatic heterocycles. The average Bonchev–Trinajstić information content (AvgIpc) is 2.88. The monoisotopic (exact) mass is 369 g/mol. The van der Waals surface area contributed by atoms with Gasteiger partial charge in [0.25, 0.3) is 0 Å². The summed E-state index contributed by atoms with van der Waals surface area (Å²) >= 11 is 6.92. The molecular formula is C11H9Br2N5. The van der Waals surface area contributed by atoms with Gasteiger partial charge in [0.1, 0.15) is 4.60 Å². The molecule has 0 radical (unpaired) electrons. The zero-order chi connectivity index (χ0) is 12.9. The minimum atomic E-state index is 0.709. The van der Waals surface area contributed by atoms with Gasteiger partial charge in [0.2, 0.25) is 0 Å². The van der Waals surface area contributed by atoms with E-state index in [9.17, 15) is 0 Å². The second-order valence-electron chi connectivity index (χ2n) is 3.94. The van der Waals surface area contributed by atoms with Crippen LogP contribution in [0.4, 0.5) is 0 Å². The topological polar surface area (TPSA) is 48.0 Å². The van der Waals surface area contributed by atoms with E-state index >= 15 is 0 Å². The number of fused-ring (bicyclic) bond motifs is 1. The molecular weight excluding hydrogens is 362 g/mol. The van der Waals surface area contributed by atoms with Crippen molar-refractivity contribution in [2.75, 3.05) is 0 Å². The molecule has 0 fully saturated rings. The molecule has 18 heavy (non-hydrogen) atoms. The van der Waals surface area contributed by atoms with Crippen LogP contribution >= 0.6 is 31.9 Å². The van der Waals surface area contributed by atoms with E-state index in [0.717, 1.165) is 26.1 Å². The summed E-state index contributed by atoms with van der Waals surface area (Å²) in [6.45, 7) is 3.94. The van der Waals surface area contributed by atoms with Crippen molar-refractivity contribution in [2.45, 2.75) is 13.8 Å². The molecule has 3 aromatic heterocycles. The van der Waals surface area contributed by atoms with E-state index < -0.39 is 0 Å². The summed E-state index contributed by atoms with van der Waals surface area (Å²) in [5, 5.41) is 4.48. The van der Waals surface area contributed by atoms with Crippen LogP contribution in [0.1, 0.15) is 11.4 Å².